The van der Waals surface area contributed by atoms with E-state index in [-0.39, 0.29) is 17.3 Å². The molecule has 2 aromatic carbocycles. The predicted molar refractivity (Wildman–Crippen MR) is 138 cm³/mol. The number of benzene rings is 2. The van der Waals surface area contributed by atoms with Gasteiger partial charge in [-0.1, -0.05) is 6.07 Å². The Hall–Kier alpha value is -4.01. The third-order valence-electron chi connectivity index (χ3n) is 4.90. The molecule has 1 fully saturated rings. The van der Waals surface area contributed by atoms with Crippen LogP contribution in [0.25, 0.3) is 16.3 Å². The lowest BCUT2D eigenvalue weighted by Crippen LogP contribution is -2.19. The number of hydrogen-bond donors (Lipinski definition) is 1. The molecule has 11 nitrogen and oxygen atoms in total. The second kappa shape index (κ2) is 9.56. The van der Waals surface area contributed by atoms with Gasteiger partial charge in [-0.15, -0.1) is 11.3 Å². The zero-order chi connectivity index (χ0) is 25.4. The third-order valence-corrected chi connectivity index (χ3v) is 7.81. The number of rotatable bonds is 6. The number of fused-ring (bicyclic) bond motifs is 1. The van der Waals surface area contributed by atoms with Crippen LogP contribution in [0.15, 0.2) is 72.3 Å². The number of aromatic nitrogens is 1. The number of nitro groups is 2. The summed E-state index contributed by atoms with van der Waals surface area (Å²) in [6, 6.07) is 12.5. The first kappa shape index (κ1) is 23.7. The molecule has 1 aliphatic rings. The molecule has 5 rings (SSSR count). The fraction of sp³-hybridized carbons (Fsp3) is 0.0455. The second-order valence-corrected chi connectivity index (χ2v) is 10.7. The highest BCUT2D eigenvalue weighted by atomic mass is 32.2. The van der Waals surface area contributed by atoms with E-state index >= 15 is 0 Å². The standard InChI is InChI=1S/C22H13N5O6S3/c1-11-2-3-12(8-16(11)27(31)32)23-21-25-20(28)18(34-21)10-14-5-7-19(33-14)36-22-24-15-6-4-13(26(29)30)9-17(15)35-22/h2-10H,1H3,(H,23,25,28)/b18-10-. The van der Waals surface area contributed by atoms with Gasteiger partial charge in [-0.05, 0) is 54.7 Å². The van der Waals surface area contributed by atoms with Crippen LogP contribution < -0.4 is 5.32 Å². The number of aliphatic imine (C=N–C) groups is 1. The van der Waals surface area contributed by atoms with Crippen molar-refractivity contribution >= 4 is 79.3 Å². The number of amides is 1. The lowest BCUT2D eigenvalue weighted by Gasteiger charge is -1.99. The van der Waals surface area contributed by atoms with E-state index in [9.17, 15) is 25.0 Å². The lowest BCUT2D eigenvalue weighted by atomic mass is 10.2. The molecule has 0 spiro atoms. The third kappa shape index (κ3) is 5.00. The Bertz CT molecular complexity index is 1620. The van der Waals surface area contributed by atoms with Crippen molar-refractivity contribution in [3.8, 4) is 0 Å². The van der Waals surface area contributed by atoms with Crippen molar-refractivity contribution < 1.29 is 19.1 Å². The maximum absolute atomic E-state index is 12.4. The van der Waals surface area contributed by atoms with E-state index in [2.05, 4.69) is 15.3 Å². The molecule has 0 saturated carbocycles. The number of amidine groups is 1. The molecule has 14 heteroatoms. The molecule has 0 aliphatic carbocycles. The van der Waals surface area contributed by atoms with Gasteiger partial charge < -0.3 is 9.73 Å². The minimum atomic E-state index is -0.477. The summed E-state index contributed by atoms with van der Waals surface area (Å²) in [7, 11) is 0. The molecule has 36 heavy (non-hydrogen) atoms. The van der Waals surface area contributed by atoms with E-state index in [0.29, 0.717) is 46.7 Å². The quantitative estimate of drug-likeness (QED) is 0.175. The SMILES string of the molecule is Cc1ccc(N=C2NC(=O)/C(=C/c3ccc(Sc4nc5ccc([N+](=O)[O-])cc5s4)o3)S2)cc1[N+](=O)[O-]. The van der Waals surface area contributed by atoms with Gasteiger partial charge in [0.2, 0.25) is 0 Å². The number of carbonyl (C=O) groups is 1. The van der Waals surface area contributed by atoms with Crippen molar-refractivity contribution in [3.05, 3.63) is 85.0 Å². The maximum atomic E-state index is 12.4. The van der Waals surface area contributed by atoms with Crippen molar-refractivity contribution in [2.24, 2.45) is 4.99 Å². The fourth-order valence-corrected chi connectivity index (χ4v) is 6.02. The van der Waals surface area contributed by atoms with Gasteiger partial charge in [0.1, 0.15) is 5.76 Å². The molecular formula is C22H13N5O6S3. The first-order valence-electron chi connectivity index (χ1n) is 10.1. The number of nitrogens with zero attached hydrogens (tertiary/aromatic N) is 4. The first-order valence-corrected chi connectivity index (χ1v) is 12.6. The molecule has 0 bridgehead atoms. The van der Waals surface area contributed by atoms with Crippen LogP contribution in [-0.2, 0) is 4.79 Å². The van der Waals surface area contributed by atoms with Crippen LogP contribution in [0.3, 0.4) is 0 Å². The van der Waals surface area contributed by atoms with Crippen molar-refractivity contribution in [3.63, 3.8) is 0 Å². The summed E-state index contributed by atoms with van der Waals surface area (Å²) in [5.41, 5.74) is 1.49. The van der Waals surface area contributed by atoms with E-state index in [1.54, 1.807) is 43.3 Å². The van der Waals surface area contributed by atoms with Crippen LogP contribution in [0.2, 0.25) is 0 Å². The van der Waals surface area contributed by atoms with Gasteiger partial charge >= 0.3 is 0 Å². The molecule has 3 heterocycles. The Morgan fingerprint density at radius 3 is 2.72 bits per heavy atom. The fourth-order valence-electron chi connectivity index (χ4n) is 3.19. The summed E-state index contributed by atoms with van der Waals surface area (Å²) >= 11 is 3.68. The van der Waals surface area contributed by atoms with Crippen molar-refractivity contribution in [1.82, 2.24) is 10.3 Å². The largest absolute Gasteiger partial charge is 0.450 e. The number of thioether (sulfide) groups is 1. The molecule has 0 radical (unpaired) electrons. The van der Waals surface area contributed by atoms with Crippen LogP contribution >= 0.6 is 34.9 Å². The van der Waals surface area contributed by atoms with Gasteiger partial charge in [-0.25, -0.2) is 9.98 Å². The number of furan rings is 1. The van der Waals surface area contributed by atoms with Gasteiger partial charge in [-0.3, -0.25) is 25.0 Å². The van der Waals surface area contributed by atoms with E-state index in [1.807, 2.05) is 0 Å². The monoisotopic (exact) mass is 539 g/mol. The molecular weight excluding hydrogens is 526 g/mol. The number of carbonyl (C=O) groups excluding carboxylic acids is 1. The van der Waals surface area contributed by atoms with Gasteiger partial charge in [0.25, 0.3) is 17.3 Å². The van der Waals surface area contributed by atoms with E-state index in [4.69, 9.17) is 4.42 Å². The number of nitrogens with one attached hydrogen (secondary N) is 1. The minimum absolute atomic E-state index is 0.00506. The summed E-state index contributed by atoms with van der Waals surface area (Å²) in [4.78, 5) is 42.7. The number of non-ortho nitro benzene ring substituents is 1. The van der Waals surface area contributed by atoms with Crippen molar-refractivity contribution in [1.29, 1.82) is 0 Å². The Morgan fingerprint density at radius 2 is 1.94 bits per heavy atom. The average Bonchev–Trinajstić information content (AvgIpc) is 3.53. The molecule has 0 atom stereocenters. The highest BCUT2D eigenvalue weighted by Gasteiger charge is 2.25. The van der Waals surface area contributed by atoms with E-state index in [0.717, 1.165) is 11.8 Å². The molecule has 4 aromatic rings. The number of nitro benzene ring substituents is 2. The number of aryl methyl sites for hydroxylation is 1. The molecule has 1 aliphatic heterocycles. The van der Waals surface area contributed by atoms with Crippen LogP contribution in [-0.4, -0.2) is 25.9 Å². The molecule has 0 unspecified atom stereocenters. The van der Waals surface area contributed by atoms with Crippen molar-refractivity contribution in [2.45, 2.75) is 16.4 Å². The summed E-state index contributed by atoms with van der Waals surface area (Å²) in [6.07, 6.45) is 1.58. The number of hydrogen-bond acceptors (Lipinski definition) is 11. The molecule has 1 amide bonds. The molecule has 2 aromatic heterocycles. The Balaban J connectivity index is 1.31. The first-order chi connectivity index (χ1) is 17.2. The smallest absolute Gasteiger partial charge is 0.274 e. The Kier molecular flexibility index (Phi) is 6.30. The zero-order valence-corrected chi connectivity index (χ0v) is 20.6. The lowest BCUT2D eigenvalue weighted by molar-refractivity contribution is -0.385. The van der Waals surface area contributed by atoms with Gasteiger partial charge in [0, 0.05) is 29.8 Å². The molecule has 180 valence electrons. The van der Waals surface area contributed by atoms with Gasteiger partial charge in [0.15, 0.2) is 14.6 Å². The number of thiazole rings is 1. The van der Waals surface area contributed by atoms with Crippen LogP contribution in [0, 0.1) is 27.2 Å². The van der Waals surface area contributed by atoms with Gasteiger partial charge in [-0.2, -0.15) is 0 Å². The van der Waals surface area contributed by atoms with Crippen molar-refractivity contribution in [2.75, 3.05) is 0 Å². The Morgan fingerprint density at radius 1 is 1.11 bits per heavy atom. The van der Waals surface area contributed by atoms with Crippen LogP contribution in [0.4, 0.5) is 17.1 Å². The highest BCUT2D eigenvalue weighted by Crippen LogP contribution is 2.37. The predicted octanol–water partition coefficient (Wildman–Crippen LogP) is 6.06. The van der Waals surface area contributed by atoms with E-state index < -0.39 is 9.85 Å². The zero-order valence-electron chi connectivity index (χ0n) is 18.2. The topological polar surface area (TPSA) is 154 Å². The summed E-state index contributed by atoms with van der Waals surface area (Å²) in [6.45, 7) is 1.64. The molecule has 1 saturated heterocycles. The van der Waals surface area contributed by atoms with E-state index in [1.165, 1.54) is 41.3 Å². The normalized spacial score (nSPS) is 15.6. The summed E-state index contributed by atoms with van der Waals surface area (Å²) in [5.74, 6) is 0.0813. The Labute approximate surface area is 214 Å². The van der Waals surface area contributed by atoms with Crippen LogP contribution in [0.5, 0.6) is 0 Å². The highest BCUT2D eigenvalue weighted by molar-refractivity contribution is 8.18. The van der Waals surface area contributed by atoms with Gasteiger partial charge in [0.05, 0.1) is 30.7 Å². The van der Waals surface area contributed by atoms with Crippen LogP contribution in [0.1, 0.15) is 11.3 Å². The second-order valence-electron chi connectivity index (χ2n) is 7.36. The maximum Gasteiger partial charge on any atom is 0.274 e. The minimum Gasteiger partial charge on any atom is -0.450 e. The average molecular weight is 540 g/mol. The molecule has 1 N–H and O–H groups in total. The summed E-state index contributed by atoms with van der Waals surface area (Å²) in [5, 5.41) is 25.6. The summed E-state index contributed by atoms with van der Waals surface area (Å²) < 4.78 is 7.16.